The van der Waals surface area contributed by atoms with Crippen LogP contribution in [-0.2, 0) is 35.2 Å². The Morgan fingerprint density at radius 2 is 0.658 bits per heavy atom. The summed E-state index contributed by atoms with van der Waals surface area (Å²) in [6, 6.07) is 8.07. The predicted octanol–water partition coefficient (Wildman–Crippen LogP) is 6.61. The van der Waals surface area contributed by atoms with Crippen molar-refractivity contribution in [2.75, 3.05) is 0 Å². The molecule has 0 spiro atoms. The summed E-state index contributed by atoms with van der Waals surface area (Å²) in [6.45, 7) is 7.90. The molecule has 0 N–H and O–H groups in total. The highest BCUT2D eigenvalue weighted by Crippen LogP contribution is 2.49. The monoisotopic (exact) mass is 504 g/mol. The Bertz CT molecular complexity index is 1700. The Morgan fingerprint density at radius 3 is 0.868 bits per heavy atom. The second-order valence-electron chi connectivity index (χ2n) is 10.1. The molecule has 0 aromatic heterocycles. The molecule has 5 aromatic rings. The number of aryl methyl sites for hydroxylation is 4. The van der Waals surface area contributed by atoms with Gasteiger partial charge in [-0.25, -0.2) is 19.2 Å². The van der Waals surface area contributed by atoms with Crippen molar-refractivity contribution in [2.24, 2.45) is 0 Å². The topological polar surface area (TPSA) is 86.7 Å². The third-order valence-corrected chi connectivity index (χ3v) is 8.43. The van der Waals surface area contributed by atoms with E-state index in [1.54, 1.807) is 0 Å². The normalized spacial score (nSPS) is 14.8. The Labute approximate surface area is 217 Å². The lowest BCUT2D eigenvalue weighted by Gasteiger charge is -2.27. The molecule has 188 valence electrons. The van der Waals surface area contributed by atoms with Gasteiger partial charge in [-0.3, -0.25) is 0 Å². The van der Waals surface area contributed by atoms with Crippen molar-refractivity contribution in [3.8, 4) is 0 Å². The van der Waals surface area contributed by atoms with E-state index in [0.29, 0.717) is 58.7 Å². The number of carbonyl (C=O) groups excluding carboxylic acids is 4. The maximum absolute atomic E-state index is 13.1. The Hall–Kier alpha value is -4.32. The number of cyclic esters (lactones) is 4. The van der Waals surface area contributed by atoms with Crippen LogP contribution in [-0.4, -0.2) is 23.9 Å². The lowest BCUT2D eigenvalue weighted by molar-refractivity contribution is 0.0371. The summed E-state index contributed by atoms with van der Waals surface area (Å²) in [7, 11) is 0. The Kier molecular flexibility index (Phi) is 4.57. The molecule has 6 nitrogen and oxygen atoms in total. The van der Waals surface area contributed by atoms with E-state index in [1.807, 2.05) is 52.0 Å². The van der Waals surface area contributed by atoms with Crippen molar-refractivity contribution < 1.29 is 28.7 Å². The van der Waals surface area contributed by atoms with Gasteiger partial charge in [0.15, 0.2) is 0 Å². The maximum Gasteiger partial charge on any atom is 0.346 e. The van der Waals surface area contributed by atoms with Gasteiger partial charge in [0.25, 0.3) is 0 Å². The molecule has 2 heterocycles. The van der Waals surface area contributed by atoms with Crippen LogP contribution in [0.3, 0.4) is 0 Å². The van der Waals surface area contributed by atoms with Crippen LogP contribution in [0.2, 0.25) is 0 Å². The first-order chi connectivity index (χ1) is 18.3. The molecule has 0 bridgehead atoms. The van der Waals surface area contributed by atoms with E-state index in [1.165, 1.54) is 0 Å². The summed E-state index contributed by atoms with van der Waals surface area (Å²) in [5.41, 5.74) is 5.03. The first kappa shape index (κ1) is 22.8. The molecule has 7 rings (SSSR count). The molecule has 0 fully saturated rings. The van der Waals surface area contributed by atoms with Crippen molar-refractivity contribution in [1.82, 2.24) is 0 Å². The summed E-state index contributed by atoms with van der Waals surface area (Å²) < 4.78 is 10.5. The van der Waals surface area contributed by atoms with E-state index in [0.717, 1.165) is 54.6 Å². The first-order valence-corrected chi connectivity index (χ1v) is 13.2. The van der Waals surface area contributed by atoms with Crippen LogP contribution in [0.5, 0.6) is 0 Å². The van der Waals surface area contributed by atoms with E-state index in [2.05, 4.69) is 0 Å². The minimum atomic E-state index is -0.613. The van der Waals surface area contributed by atoms with Gasteiger partial charge in [-0.15, -0.1) is 0 Å². The van der Waals surface area contributed by atoms with Crippen molar-refractivity contribution in [3.63, 3.8) is 0 Å². The minimum absolute atomic E-state index is 0.455. The number of carbonyl (C=O) groups is 4. The van der Waals surface area contributed by atoms with E-state index >= 15 is 0 Å². The van der Waals surface area contributed by atoms with Crippen LogP contribution in [0.15, 0.2) is 24.3 Å². The lowest BCUT2D eigenvalue weighted by Crippen LogP contribution is -2.24. The zero-order chi connectivity index (χ0) is 26.6. The van der Waals surface area contributed by atoms with Gasteiger partial charge in [0.2, 0.25) is 0 Å². The highest BCUT2D eigenvalue weighted by atomic mass is 16.6. The van der Waals surface area contributed by atoms with Gasteiger partial charge in [-0.2, -0.15) is 0 Å². The van der Waals surface area contributed by atoms with Crippen molar-refractivity contribution >= 4 is 67.0 Å². The van der Waals surface area contributed by atoms with Crippen LogP contribution >= 0.6 is 0 Å². The van der Waals surface area contributed by atoms with Gasteiger partial charge >= 0.3 is 23.9 Å². The summed E-state index contributed by atoms with van der Waals surface area (Å²) in [4.78, 5) is 52.4. The third kappa shape index (κ3) is 2.57. The molecule has 5 aromatic carbocycles. The molecule has 0 amide bonds. The van der Waals surface area contributed by atoms with Crippen molar-refractivity contribution in [2.45, 2.75) is 53.4 Å². The minimum Gasteiger partial charge on any atom is -0.386 e. The van der Waals surface area contributed by atoms with Crippen LogP contribution in [0, 0.1) is 0 Å². The average Bonchev–Trinajstić information content (AvgIpc) is 2.91. The van der Waals surface area contributed by atoms with E-state index in [9.17, 15) is 19.2 Å². The number of hydrogen-bond donors (Lipinski definition) is 0. The smallest absolute Gasteiger partial charge is 0.346 e. The SMILES string of the molecule is CCc1cc2c3cc(CC)c4c5c(c(CC)cc(c6cc(CC)c7c(c1C(=O)OC7=O)c26)c53)C(=O)OC4=O. The fourth-order valence-corrected chi connectivity index (χ4v) is 6.77. The van der Waals surface area contributed by atoms with Crippen molar-refractivity contribution in [3.05, 3.63) is 68.8 Å². The van der Waals surface area contributed by atoms with Crippen LogP contribution in [0.25, 0.3) is 43.1 Å². The van der Waals surface area contributed by atoms with Crippen LogP contribution in [0.4, 0.5) is 0 Å². The third-order valence-electron chi connectivity index (χ3n) is 8.43. The maximum atomic E-state index is 13.1. The molecular weight excluding hydrogens is 480 g/mol. The zero-order valence-corrected chi connectivity index (χ0v) is 21.6. The molecule has 2 aliphatic rings. The number of rotatable bonds is 4. The molecule has 0 aliphatic carbocycles. The molecule has 0 unspecified atom stereocenters. The molecule has 6 heteroatoms. The average molecular weight is 505 g/mol. The molecule has 2 aliphatic heterocycles. The molecule has 0 radical (unpaired) electrons. The van der Waals surface area contributed by atoms with Gasteiger partial charge in [-0.1, -0.05) is 27.7 Å². The number of fused-ring (bicyclic) bond motifs is 2. The first-order valence-electron chi connectivity index (χ1n) is 13.2. The van der Waals surface area contributed by atoms with Gasteiger partial charge in [0.1, 0.15) is 0 Å². The fraction of sp³-hybridized carbons (Fsp3) is 0.250. The second kappa shape index (κ2) is 7.60. The fourth-order valence-electron chi connectivity index (χ4n) is 6.77. The summed E-state index contributed by atoms with van der Waals surface area (Å²) in [6.07, 6.45) is 2.30. The molecular formula is C32H24O6. The van der Waals surface area contributed by atoms with Crippen LogP contribution < -0.4 is 0 Å². The number of ether oxygens (including phenoxy) is 2. The molecule has 0 atom stereocenters. The Morgan fingerprint density at radius 1 is 0.421 bits per heavy atom. The quantitative estimate of drug-likeness (QED) is 0.118. The lowest BCUT2D eigenvalue weighted by atomic mass is 9.78. The summed E-state index contributed by atoms with van der Waals surface area (Å²) in [5.74, 6) is -2.45. The molecule has 0 saturated heterocycles. The van der Waals surface area contributed by atoms with Gasteiger partial charge in [-0.05, 0) is 105 Å². The van der Waals surface area contributed by atoms with Gasteiger partial charge in [0, 0.05) is 10.8 Å². The zero-order valence-electron chi connectivity index (χ0n) is 21.6. The van der Waals surface area contributed by atoms with E-state index < -0.39 is 23.9 Å². The predicted molar refractivity (Wildman–Crippen MR) is 145 cm³/mol. The Balaban J connectivity index is 1.89. The number of benzene rings is 5. The largest absolute Gasteiger partial charge is 0.386 e. The highest BCUT2D eigenvalue weighted by molar-refractivity contribution is 6.40. The van der Waals surface area contributed by atoms with Gasteiger partial charge < -0.3 is 9.47 Å². The van der Waals surface area contributed by atoms with E-state index in [-0.39, 0.29) is 0 Å². The standard InChI is InChI=1S/C32H24O6/c1-5-13-9-17-18-10-15(7-3)23-28-24(32(36)38-31(23)35)16(8-4)12-20(26(18)28)19-11-14(6-2)22-27(25(17)19)21(13)29(33)37-30(22)34/h9-12H,5-8H2,1-4H3. The van der Waals surface area contributed by atoms with Crippen molar-refractivity contribution in [1.29, 1.82) is 0 Å². The molecule has 38 heavy (non-hydrogen) atoms. The van der Waals surface area contributed by atoms with Gasteiger partial charge in [0.05, 0.1) is 22.3 Å². The molecule has 0 saturated carbocycles. The summed E-state index contributed by atoms with van der Waals surface area (Å²) >= 11 is 0. The van der Waals surface area contributed by atoms with E-state index in [4.69, 9.17) is 9.47 Å². The second-order valence-corrected chi connectivity index (χ2v) is 10.1. The summed E-state index contributed by atoms with van der Waals surface area (Å²) in [5, 5.41) is 6.60. The highest BCUT2D eigenvalue weighted by Gasteiger charge is 2.37. The number of hydrogen-bond acceptors (Lipinski definition) is 6. The number of esters is 4. The van der Waals surface area contributed by atoms with Crippen LogP contribution in [0.1, 0.15) is 91.4 Å².